The Balaban J connectivity index is 0.635. The first-order valence-electron chi connectivity index (χ1n) is 32.5. The van der Waals surface area contributed by atoms with Gasteiger partial charge in [0, 0.05) is 110 Å². The summed E-state index contributed by atoms with van der Waals surface area (Å²) < 4.78 is 62.8. The van der Waals surface area contributed by atoms with Crippen LogP contribution in [0.4, 0.5) is 33.5 Å². The van der Waals surface area contributed by atoms with Crippen LogP contribution in [-0.2, 0) is 94.1 Å². The molecule has 0 aliphatic heterocycles. The Morgan fingerprint density at radius 1 is 0.436 bits per heavy atom. The Morgan fingerprint density at radius 2 is 0.901 bits per heavy atom. The van der Waals surface area contributed by atoms with Crippen LogP contribution in [0.2, 0.25) is 0 Å². The number of ether oxygens (including phenoxy) is 10. The van der Waals surface area contributed by atoms with Gasteiger partial charge in [0.15, 0.2) is 17.5 Å². The molecule has 0 aliphatic carbocycles. The van der Waals surface area contributed by atoms with Crippen molar-refractivity contribution < 1.29 is 85.7 Å². The third-order valence-electron chi connectivity index (χ3n) is 14.3. The van der Waals surface area contributed by atoms with Gasteiger partial charge in [0.2, 0.25) is 23.5 Å². The highest BCUT2D eigenvalue weighted by Crippen LogP contribution is 2.21. The molecule has 0 unspecified atom stereocenters. The van der Waals surface area contributed by atoms with E-state index in [-0.39, 0.29) is 85.3 Å². The topological polar surface area (TPSA) is 388 Å². The lowest BCUT2D eigenvalue weighted by molar-refractivity contribution is -0.117. The summed E-state index contributed by atoms with van der Waals surface area (Å²) in [5.74, 6) is -2.45. The zero-order valence-corrected chi connectivity index (χ0v) is 57.8. The van der Waals surface area contributed by atoms with E-state index >= 15 is 0 Å². The first-order chi connectivity index (χ1) is 48.7. The monoisotopic (exact) mass is 1410 g/mol. The number of rotatable bonds is 46. The summed E-state index contributed by atoms with van der Waals surface area (Å²) in [6, 6.07) is 19.4. The minimum atomic E-state index is -1.07. The molecule has 7 rings (SSSR count). The summed E-state index contributed by atoms with van der Waals surface area (Å²) in [6.07, 6.45) is 8.35. The van der Waals surface area contributed by atoms with Gasteiger partial charge in [-0.25, -0.2) is 19.7 Å². The van der Waals surface area contributed by atoms with E-state index < -0.39 is 53.0 Å². The number of imidazole rings is 3. The molecular formula is C67H90N16O18. The van der Waals surface area contributed by atoms with Gasteiger partial charge in [-0.3, -0.25) is 38.9 Å². The minimum Gasteiger partial charge on any atom is -0.491 e. The number of carbonyl (C=O) groups excluding carboxylic acids is 8. The molecule has 34 nitrogen and oxygen atoms in total. The van der Waals surface area contributed by atoms with Crippen LogP contribution in [-0.4, -0.2) is 216 Å². The molecule has 0 aliphatic rings. The normalized spacial score (nSPS) is 11.2. The quantitative estimate of drug-likeness (QED) is 0.0249. The van der Waals surface area contributed by atoms with Crippen molar-refractivity contribution in [2.75, 3.05) is 152 Å². The molecule has 5 aromatic heterocycles. The van der Waals surface area contributed by atoms with E-state index in [0.717, 1.165) is 5.56 Å². The molecule has 8 N–H and O–H groups in total. The summed E-state index contributed by atoms with van der Waals surface area (Å²) >= 11 is 0. The van der Waals surface area contributed by atoms with Crippen molar-refractivity contribution in [3.8, 4) is 5.75 Å². The maximum atomic E-state index is 13.5. The molecule has 0 bridgehead atoms. The number of benzene rings is 2. The number of hydrogen-bond donors (Lipinski definition) is 8. The lowest BCUT2D eigenvalue weighted by Crippen LogP contribution is -2.46. The second kappa shape index (κ2) is 41.3. The van der Waals surface area contributed by atoms with Crippen molar-refractivity contribution in [2.45, 2.75) is 38.8 Å². The fourth-order valence-corrected chi connectivity index (χ4v) is 9.43. The number of anilines is 5. The van der Waals surface area contributed by atoms with Crippen LogP contribution in [0.25, 0.3) is 0 Å². The number of aryl methyl sites for hydroxylation is 5. The lowest BCUT2D eigenvalue weighted by atomic mass is 10.00. The van der Waals surface area contributed by atoms with Crippen molar-refractivity contribution in [2.24, 2.45) is 35.2 Å². The first kappa shape index (κ1) is 78.0. The summed E-state index contributed by atoms with van der Waals surface area (Å²) in [6.45, 7) is 10.3. The van der Waals surface area contributed by atoms with Gasteiger partial charge in [0.05, 0.1) is 117 Å². The smallest absolute Gasteiger partial charge is 0.411 e. The number of amides is 8. The van der Waals surface area contributed by atoms with Crippen molar-refractivity contribution >= 4 is 76.1 Å². The number of carbonyl (C=O) groups is 8. The molecule has 7 aromatic rings. The highest BCUT2D eigenvalue weighted by molar-refractivity contribution is 6.05. The van der Waals surface area contributed by atoms with E-state index in [0.29, 0.717) is 123 Å². The maximum Gasteiger partial charge on any atom is 0.411 e. The van der Waals surface area contributed by atoms with Crippen molar-refractivity contribution in [1.29, 1.82) is 0 Å². The van der Waals surface area contributed by atoms with Gasteiger partial charge >= 0.3 is 6.09 Å². The molecule has 0 saturated carbocycles. The number of aromatic nitrogens is 8. The van der Waals surface area contributed by atoms with E-state index in [1.165, 1.54) is 55.2 Å². The fourth-order valence-electron chi connectivity index (χ4n) is 9.43. The molecule has 101 heavy (non-hydrogen) atoms. The third-order valence-corrected chi connectivity index (χ3v) is 14.3. The standard InChI is InChI=1S/C67H90N16O18/c1-67(2,78-62(87)53-40-50(43-81(53)5)72-65(90)60-77-54(44-83(60)7)74-56(84)17-18-69-61(86)52-39-49(42-80(52)4)71-64(89)58-68-19-21-79(58)3)41-57(85)75-55-45-82(6)59(76-55)63(88)70-20-22-92-23-24-93-25-26-94-27-28-95-29-30-96-31-32-97-33-34-98-35-36-99-37-38-100-51-15-13-48(14-16-51)73-66(91)101-46-47-11-9-8-10-12-47/h8-16,19,21,39-40,42-45H,17-18,20,22-38,41,46H2,1-7H3,(H,69,86)(H,70,88)(H,71,89)(H,72,90)(H,73,91)(H,74,84)(H,75,85)(H,78,87). The summed E-state index contributed by atoms with van der Waals surface area (Å²) in [7, 11) is 8.11. The highest BCUT2D eigenvalue weighted by atomic mass is 16.6. The van der Waals surface area contributed by atoms with Gasteiger partial charge in [0.25, 0.3) is 29.5 Å². The molecule has 34 heteroatoms. The first-order valence-corrected chi connectivity index (χ1v) is 32.5. The molecule has 0 spiro atoms. The van der Waals surface area contributed by atoms with Gasteiger partial charge in [-0.15, -0.1) is 0 Å². The van der Waals surface area contributed by atoms with Gasteiger partial charge in [0.1, 0.15) is 30.4 Å². The van der Waals surface area contributed by atoms with Gasteiger partial charge in [-0.2, -0.15) is 0 Å². The van der Waals surface area contributed by atoms with Crippen LogP contribution >= 0.6 is 0 Å². The molecule has 0 saturated heterocycles. The zero-order chi connectivity index (χ0) is 72.4. The van der Waals surface area contributed by atoms with E-state index in [1.54, 1.807) is 90.3 Å². The molecule has 2 aromatic carbocycles. The van der Waals surface area contributed by atoms with Gasteiger partial charge < -0.3 is 107 Å². The maximum absolute atomic E-state index is 13.5. The molecule has 0 atom stereocenters. The highest BCUT2D eigenvalue weighted by Gasteiger charge is 2.28. The second-order valence-corrected chi connectivity index (χ2v) is 23.2. The zero-order valence-electron chi connectivity index (χ0n) is 57.8. The average Bonchev–Trinajstić information content (AvgIpc) is 1.72. The van der Waals surface area contributed by atoms with Crippen LogP contribution in [0, 0.1) is 0 Å². The Bertz CT molecular complexity index is 3790. The second-order valence-electron chi connectivity index (χ2n) is 23.2. The predicted molar refractivity (Wildman–Crippen MR) is 368 cm³/mol. The van der Waals surface area contributed by atoms with Crippen LogP contribution in [0.5, 0.6) is 5.75 Å². The third kappa shape index (κ3) is 27.7. The van der Waals surface area contributed by atoms with Gasteiger partial charge in [-0.05, 0) is 55.8 Å². The minimum absolute atomic E-state index is 0.0260. The lowest BCUT2D eigenvalue weighted by Gasteiger charge is -2.25. The molecule has 0 fully saturated rings. The van der Waals surface area contributed by atoms with Crippen LogP contribution in [0.1, 0.15) is 85.1 Å². The largest absolute Gasteiger partial charge is 0.491 e. The molecule has 0 radical (unpaired) electrons. The Labute approximate surface area is 583 Å². The fraction of sp³-hybridized carbons (Fsp3) is 0.448. The average molecular weight is 1410 g/mol. The van der Waals surface area contributed by atoms with E-state index in [4.69, 9.17) is 47.4 Å². The Kier molecular flexibility index (Phi) is 31.9. The number of nitrogens with zero attached hydrogens (tertiary/aromatic N) is 8. The van der Waals surface area contributed by atoms with Crippen LogP contribution < -0.4 is 47.3 Å². The van der Waals surface area contributed by atoms with Crippen molar-refractivity contribution in [3.63, 3.8) is 0 Å². The Hall–Kier alpha value is -10.3. The molecule has 5 heterocycles. The van der Waals surface area contributed by atoms with Crippen LogP contribution in [0.3, 0.4) is 0 Å². The molecule has 546 valence electrons. The summed E-state index contributed by atoms with van der Waals surface area (Å²) in [5.41, 5.74) is 1.50. The number of nitrogens with one attached hydrogen (secondary N) is 8. The van der Waals surface area contributed by atoms with E-state index in [2.05, 4.69) is 57.5 Å². The van der Waals surface area contributed by atoms with Crippen molar-refractivity contribution in [3.05, 3.63) is 138 Å². The van der Waals surface area contributed by atoms with E-state index in [9.17, 15) is 38.4 Å². The predicted octanol–water partition coefficient (Wildman–Crippen LogP) is 4.05. The number of hydrogen-bond acceptors (Lipinski definition) is 21. The SMILES string of the molecule is Cn1cc(NC(=O)c2nccn2C)cc1C(=O)NCCC(=O)Nc1cn(C)c(C(=O)Nc2cc(C(=O)NC(C)(C)CC(=O)Nc3cn(C)c(C(=O)NCCOCCOCCOCCOCCOCCOCCOCCOCCOc4ccc(NC(=O)OCc5ccccc5)cc4)n3)n(C)c2)n1. The Morgan fingerprint density at radius 3 is 1.42 bits per heavy atom. The molecular weight excluding hydrogens is 1320 g/mol. The van der Waals surface area contributed by atoms with Gasteiger partial charge in [-0.1, -0.05) is 30.3 Å². The van der Waals surface area contributed by atoms with Crippen molar-refractivity contribution in [1.82, 2.24) is 53.7 Å². The summed E-state index contributed by atoms with van der Waals surface area (Å²) in [4.78, 5) is 116. The summed E-state index contributed by atoms with van der Waals surface area (Å²) in [5, 5.41) is 21.7. The van der Waals surface area contributed by atoms with Crippen LogP contribution in [0.15, 0.2) is 104 Å². The van der Waals surface area contributed by atoms with E-state index in [1.807, 2.05) is 30.3 Å². The molecule has 8 amide bonds.